The maximum Gasteiger partial charge on any atom is 0.305 e. The Bertz CT molecular complexity index is 521. The van der Waals surface area contributed by atoms with Crippen LogP contribution in [0.3, 0.4) is 0 Å². The monoisotopic (exact) mass is 281 g/mol. The Kier molecular flexibility index (Phi) is 4.73. The number of H-pyrrole nitrogens is 1. The van der Waals surface area contributed by atoms with Crippen LogP contribution in [0.5, 0.6) is 0 Å². The minimum Gasteiger partial charge on any atom is -0.481 e. The Morgan fingerprint density at radius 3 is 2.85 bits per heavy atom. The summed E-state index contributed by atoms with van der Waals surface area (Å²) in [5.74, 6) is 0.452. The normalized spacial score (nSPS) is 16.4. The highest BCUT2D eigenvalue weighted by Crippen LogP contribution is 2.18. The van der Waals surface area contributed by atoms with E-state index in [9.17, 15) is 9.59 Å². The molecular weight excluding hydrogens is 262 g/mol. The van der Waals surface area contributed by atoms with E-state index in [0.29, 0.717) is 11.6 Å². The molecule has 0 bridgehead atoms. The van der Waals surface area contributed by atoms with Crippen molar-refractivity contribution >= 4 is 11.8 Å². The van der Waals surface area contributed by atoms with Gasteiger partial charge in [-0.25, -0.2) is 4.98 Å². The summed E-state index contributed by atoms with van der Waals surface area (Å²) in [4.78, 5) is 30.8. The summed E-state index contributed by atoms with van der Waals surface area (Å²) in [6, 6.07) is 1.50. The number of aliphatic carboxylic acids is 1. The van der Waals surface area contributed by atoms with Gasteiger partial charge in [0.1, 0.15) is 11.6 Å². The third kappa shape index (κ3) is 4.06. The first kappa shape index (κ1) is 14.5. The number of aromatic nitrogens is 2. The number of nitrogens with zero attached hydrogens (tertiary/aromatic N) is 2. The van der Waals surface area contributed by atoms with Gasteiger partial charge in [-0.1, -0.05) is 0 Å². The Labute approximate surface area is 116 Å². The lowest BCUT2D eigenvalue weighted by Gasteiger charge is -2.32. The summed E-state index contributed by atoms with van der Waals surface area (Å²) in [6.45, 7) is 3.52. The molecule has 0 spiro atoms. The van der Waals surface area contributed by atoms with Crippen LogP contribution in [0.15, 0.2) is 10.9 Å². The van der Waals surface area contributed by atoms with Crippen LogP contribution in [0.25, 0.3) is 0 Å². The molecule has 1 fully saturated rings. The summed E-state index contributed by atoms with van der Waals surface area (Å²) in [7, 11) is 0. The lowest BCUT2D eigenvalue weighted by atomic mass is 10.1. The van der Waals surface area contributed by atoms with Gasteiger partial charge in [0.15, 0.2) is 0 Å². The molecule has 1 aliphatic heterocycles. The Morgan fingerprint density at radius 1 is 1.55 bits per heavy atom. The molecule has 0 atom stereocenters. The zero-order chi connectivity index (χ0) is 14.5. The number of aryl methyl sites for hydroxylation is 1. The molecule has 110 valence electrons. The molecule has 0 aliphatic carbocycles. The van der Waals surface area contributed by atoms with Crippen molar-refractivity contribution in [3.05, 3.63) is 22.2 Å². The standard InChI is InChI=1S/C13H19N3O4/c1-9-14-11(8-12(17)15-9)16-5-2-10(3-6-16)20-7-4-13(18)19/h8,10H,2-7H2,1H3,(H,18,19)(H,14,15,17). The molecular formula is C13H19N3O4. The maximum atomic E-state index is 11.4. The first-order valence-electron chi connectivity index (χ1n) is 6.71. The summed E-state index contributed by atoms with van der Waals surface area (Å²) in [5, 5.41) is 8.56. The minimum atomic E-state index is -0.842. The van der Waals surface area contributed by atoms with E-state index < -0.39 is 5.97 Å². The maximum absolute atomic E-state index is 11.4. The zero-order valence-corrected chi connectivity index (χ0v) is 11.5. The molecule has 0 aromatic carbocycles. The van der Waals surface area contributed by atoms with Gasteiger partial charge >= 0.3 is 5.97 Å². The topological polar surface area (TPSA) is 95.5 Å². The summed E-state index contributed by atoms with van der Waals surface area (Å²) in [5.41, 5.74) is -0.146. The van der Waals surface area contributed by atoms with E-state index in [4.69, 9.17) is 9.84 Å². The average Bonchev–Trinajstić information content (AvgIpc) is 2.38. The summed E-state index contributed by atoms with van der Waals surface area (Å²) < 4.78 is 5.53. The highest BCUT2D eigenvalue weighted by Gasteiger charge is 2.21. The number of carbonyl (C=O) groups is 1. The van der Waals surface area contributed by atoms with Crippen LogP contribution in [0.4, 0.5) is 5.82 Å². The van der Waals surface area contributed by atoms with E-state index in [1.54, 1.807) is 6.92 Å². The van der Waals surface area contributed by atoms with Crippen molar-refractivity contribution in [2.24, 2.45) is 0 Å². The van der Waals surface area contributed by atoms with E-state index in [2.05, 4.69) is 14.9 Å². The lowest BCUT2D eigenvalue weighted by Crippen LogP contribution is -2.38. The van der Waals surface area contributed by atoms with Gasteiger partial charge in [-0.2, -0.15) is 0 Å². The molecule has 0 radical (unpaired) electrons. The highest BCUT2D eigenvalue weighted by molar-refractivity contribution is 5.66. The van der Waals surface area contributed by atoms with E-state index in [-0.39, 0.29) is 24.7 Å². The number of aromatic amines is 1. The number of carboxylic acid groups (broad SMARTS) is 1. The van der Waals surface area contributed by atoms with E-state index >= 15 is 0 Å². The number of hydrogen-bond donors (Lipinski definition) is 2. The second kappa shape index (κ2) is 6.51. The Hall–Kier alpha value is -1.89. The van der Waals surface area contributed by atoms with Gasteiger partial charge in [-0.3, -0.25) is 9.59 Å². The van der Waals surface area contributed by atoms with E-state index in [0.717, 1.165) is 25.9 Å². The Balaban J connectivity index is 1.84. The summed E-state index contributed by atoms with van der Waals surface area (Å²) >= 11 is 0. The van der Waals surface area contributed by atoms with Crippen molar-refractivity contribution in [2.45, 2.75) is 32.3 Å². The smallest absolute Gasteiger partial charge is 0.305 e. The van der Waals surface area contributed by atoms with Crippen molar-refractivity contribution in [3.8, 4) is 0 Å². The molecule has 1 aromatic rings. The molecule has 0 saturated carbocycles. The summed E-state index contributed by atoms with van der Waals surface area (Å²) in [6.07, 6.45) is 1.75. The highest BCUT2D eigenvalue weighted by atomic mass is 16.5. The van der Waals surface area contributed by atoms with Crippen molar-refractivity contribution < 1.29 is 14.6 Å². The Morgan fingerprint density at radius 2 is 2.25 bits per heavy atom. The van der Waals surface area contributed by atoms with Crippen LogP contribution in [-0.2, 0) is 9.53 Å². The third-order valence-corrected chi connectivity index (χ3v) is 3.28. The first-order chi connectivity index (χ1) is 9.54. The average molecular weight is 281 g/mol. The lowest BCUT2D eigenvalue weighted by molar-refractivity contribution is -0.138. The second-order valence-corrected chi connectivity index (χ2v) is 4.89. The fourth-order valence-electron chi connectivity index (χ4n) is 2.29. The van der Waals surface area contributed by atoms with Crippen molar-refractivity contribution in [1.29, 1.82) is 0 Å². The van der Waals surface area contributed by atoms with Gasteiger partial charge in [-0.15, -0.1) is 0 Å². The molecule has 1 aromatic heterocycles. The van der Waals surface area contributed by atoms with Crippen LogP contribution < -0.4 is 10.5 Å². The molecule has 0 unspecified atom stereocenters. The number of rotatable bonds is 5. The molecule has 7 nitrogen and oxygen atoms in total. The first-order valence-corrected chi connectivity index (χ1v) is 6.71. The number of hydrogen-bond acceptors (Lipinski definition) is 5. The molecule has 2 rings (SSSR count). The molecule has 1 saturated heterocycles. The molecule has 1 aliphatic rings. The van der Waals surface area contributed by atoms with Crippen LogP contribution in [0, 0.1) is 6.92 Å². The van der Waals surface area contributed by atoms with Crippen molar-refractivity contribution in [1.82, 2.24) is 9.97 Å². The quantitative estimate of drug-likeness (QED) is 0.817. The SMILES string of the molecule is Cc1nc(N2CCC(OCCC(=O)O)CC2)cc(=O)[nH]1. The van der Waals surface area contributed by atoms with Gasteiger partial charge in [-0.05, 0) is 19.8 Å². The fourth-order valence-corrected chi connectivity index (χ4v) is 2.29. The van der Waals surface area contributed by atoms with Crippen LogP contribution in [-0.4, -0.2) is 46.8 Å². The largest absolute Gasteiger partial charge is 0.481 e. The van der Waals surface area contributed by atoms with Gasteiger partial charge in [0.2, 0.25) is 0 Å². The van der Waals surface area contributed by atoms with Crippen molar-refractivity contribution in [3.63, 3.8) is 0 Å². The number of anilines is 1. The van der Waals surface area contributed by atoms with Gasteiger partial charge in [0, 0.05) is 19.2 Å². The zero-order valence-electron chi connectivity index (χ0n) is 11.5. The molecule has 20 heavy (non-hydrogen) atoms. The minimum absolute atomic E-state index is 0.0367. The van der Waals surface area contributed by atoms with Crippen molar-refractivity contribution in [2.75, 3.05) is 24.6 Å². The molecule has 2 heterocycles. The molecule has 0 amide bonds. The van der Waals surface area contributed by atoms with Crippen LogP contribution in [0.2, 0.25) is 0 Å². The van der Waals surface area contributed by atoms with Crippen LogP contribution in [0.1, 0.15) is 25.1 Å². The number of ether oxygens (including phenoxy) is 1. The number of piperidine rings is 1. The van der Waals surface area contributed by atoms with Gasteiger partial charge < -0.3 is 19.7 Å². The van der Waals surface area contributed by atoms with E-state index in [1.165, 1.54) is 6.07 Å². The third-order valence-electron chi connectivity index (χ3n) is 3.28. The fraction of sp³-hybridized carbons (Fsp3) is 0.615. The molecule has 2 N–H and O–H groups in total. The predicted octanol–water partition coefficient (Wildman–Crippen LogP) is 0.538. The van der Waals surface area contributed by atoms with Crippen LogP contribution >= 0.6 is 0 Å². The second-order valence-electron chi connectivity index (χ2n) is 4.89. The number of carboxylic acids is 1. The van der Waals surface area contributed by atoms with Gasteiger partial charge in [0.05, 0.1) is 19.1 Å². The van der Waals surface area contributed by atoms with E-state index in [1.807, 2.05) is 0 Å². The molecule has 7 heteroatoms. The predicted molar refractivity (Wildman–Crippen MR) is 73.0 cm³/mol. The number of nitrogens with one attached hydrogen (secondary N) is 1. The van der Waals surface area contributed by atoms with Gasteiger partial charge in [0.25, 0.3) is 5.56 Å².